The fourth-order valence-corrected chi connectivity index (χ4v) is 2.45. The number of hydrogen-bond donors (Lipinski definition) is 2. The Hall–Kier alpha value is -2.24. The molecule has 0 radical (unpaired) electrons. The predicted molar refractivity (Wildman–Crippen MR) is 92.2 cm³/mol. The topological polar surface area (TPSA) is 67.8 Å². The first-order chi connectivity index (χ1) is 11.5. The normalized spacial score (nSPS) is 13.0. The molecular weight excluding hydrogens is 330 g/mol. The molecule has 2 aromatic carbocycles. The smallest absolute Gasteiger partial charge is 0.407 e. The summed E-state index contributed by atoms with van der Waals surface area (Å²) in [5.41, 5.74) is 1.47. The third-order valence-corrected chi connectivity index (χ3v) is 3.84. The first-order valence-electron chi connectivity index (χ1n) is 7.50. The van der Waals surface area contributed by atoms with Gasteiger partial charge in [-0.2, -0.15) is 0 Å². The molecule has 0 aromatic heterocycles. The van der Waals surface area contributed by atoms with Crippen molar-refractivity contribution in [3.05, 3.63) is 64.7 Å². The summed E-state index contributed by atoms with van der Waals surface area (Å²) in [6.07, 6.45) is -1.51. The molecule has 0 aliphatic heterocycles. The van der Waals surface area contributed by atoms with Crippen LogP contribution in [0.1, 0.15) is 24.2 Å². The third-order valence-electron chi connectivity index (χ3n) is 3.55. The van der Waals surface area contributed by atoms with E-state index in [1.54, 1.807) is 25.1 Å². The third kappa shape index (κ3) is 4.88. The lowest BCUT2D eigenvalue weighted by atomic mass is 10.0. The molecule has 128 valence electrons. The lowest BCUT2D eigenvalue weighted by molar-refractivity contribution is 0.106. The van der Waals surface area contributed by atoms with Crippen LogP contribution in [-0.2, 0) is 11.3 Å². The summed E-state index contributed by atoms with van der Waals surface area (Å²) >= 11 is 6.05. The van der Waals surface area contributed by atoms with Crippen molar-refractivity contribution in [3.8, 4) is 5.75 Å². The minimum absolute atomic E-state index is 0.170. The van der Waals surface area contributed by atoms with Crippen molar-refractivity contribution >= 4 is 17.7 Å². The van der Waals surface area contributed by atoms with Crippen molar-refractivity contribution in [2.75, 3.05) is 7.11 Å². The van der Waals surface area contributed by atoms with Crippen LogP contribution in [0.15, 0.2) is 48.5 Å². The average Bonchev–Trinajstić information content (AvgIpc) is 2.60. The maximum Gasteiger partial charge on any atom is 0.407 e. The van der Waals surface area contributed by atoms with Crippen LogP contribution in [0.25, 0.3) is 0 Å². The number of aliphatic hydroxyl groups is 1. The van der Waals surface area contributed by atoms with Gasteiger partial charge in [-0.1, -0.05) is 48.0 Å². The van der Waals surface area contributed by atoms with Gasteiger partial charge in [0, 0.05) is 0 Å². The van der Waals surface area contributed by atoms with E-state index in [1.807, 2.05) is 30.3 Å². The second-order valence-electron chi connectivity index (χ2n) is 5.33. The Morgan fingerprint density at radius 2 is 1.96 bits per heavy atom. The molecule has 0 aliphatic carbocycles. The maximum absolute atomic E-state index is 11.8. The fourth-order valence-electron chi connectivity index (χ4n) is 2.18. The molecule has 0 fully saturated rings. The fraction of sp³-hybridized carbons (Fsp3) is 0.278. The molecular formula is C18H20ClNO4. The van der Waals surface area contributed by atoms with E-state index in [0.717, 1.165) is 5.56 Å². The molecule has 1 amide bonds. The molecule has 0 heterocycles. The highest BCUT2D eigenvalue weighted by molar-refractivity contribution is 6.32. The van der Waals surface area contributed by atoms with Crippen molar-refractivity contribution < 1.29 is 19.4 Å². The van der Waals surface area contributed by atoms with Crippen LogP contribution in [0.4, 0.5) is 4.79 Å². The zero-order valence-corrected chi connectivity index (χ0v) is 14.3. The van der Waals surface area contributed by atoms with Crippen molar-refractivity contribution in [1.82, 2.24) is 5.32 Å². The van der Waals surface area contributed by atoms with Crippen molar-refractivity contribution in [3.63, 3.8) is 0 Å². The number of nitrogens with one attached hydrogen (secondary N) is 1. The lowest BCUT2D eigenvalue weighted by Gasteiger charge is -2.21. The Morgan fingerprint density at radius 1 is 1.25 bits per heavy atom. The minimum Gasteiger partial charge on any atom is -0.495 e. The monoisotopic (exact) mass is 349 g/mol. The molecule has 0 saturated carbocycles. The van der Waals surface area contributed by atoms with Gasteiger partial charge < -0.3 is 19.9 Å². The highest BCUT2D eigenvalue weighted by Gasteiger charge is 2.20. The summed E-state index contributed by atoms with van der Waals surface area (Å²) in [6, 6.07) is 13.8. The van der Waals surface area contributed by atoms with Crippen molar-refractivity contribution in [1.29, 1.82) is 0 Å². The van der Waals surface area contributed by atoms with Gasteiger partial charge in [0.2, 0.25) is 0 Å². The number of carbonyl (C=O) groups excluding carboxylic acids is 1. The van der Waals surface area contributed by atoms with E-state index in [-0.39, 0.29) is 6.61 Å². The number of hydrogen-bond acceptors (Lipinski definition) is 4. The van der Waals surface area contributed by atoms with Crippen LogP contribution in [0.2, 0.25) is 5.02 Å². The molecule has 2 N–H and O–H groups in total. The van der Waals surface area contributed by atoms with Gasteiger partial charge in [0.25, 0.3) is 0 Å². The largest absolute Gasteiger partial charge is 0.495 e. The lowest BCUT2D eigenvalue weighted by Crippen LogP contribution is -2.37. The highest BCUT2D eigenvalue weighted by atomic mass is 35.5. The molecule has 24 heavy (non-hydrogen) atoms. The molecule has 5 nitrogen and oxygen atoms in total. The van der Waals surface area contributed by atoms with Crippen LogP contribution in [0.3, 0.4) is 0 Å². The number of alkyl carbamates (subject to hydrolysis) is 1. The van der Waals surface area contributed by atoms with E-state index >= 15 is 0 Å². The van der Waals surface area contributed by atoms with Crippen LogP contribution < -0.4 is 10.1 Å². The summed E-state index contributed by atoms with van der Waals surface area (Å²) in [5, 5.41) is 13.3. The number of halogens is 1. The molecule has 0 spiro atoms. The Balaban J connectivity index is 1.89. The Labute approximate surface area is 146 Å². The molecule has 2 aromatic rings. The van der Waals surface area contributed by atoms with Gasteiger partial charge in [-0.05, 0) is 30.2 Å². The van der Waals surface area contributed by atoms with Crippen LogP contribution in [0.5, 0.6) is 5.75 Å². The predicted octanol–water partition coefficient (Wildman–Crippen LogP) is 3.70. The van der Waals surface area contributed by atoms with Gasteiger partial charge in [0.1, 0.15) is 12.4 Å². The minimum atomic E-state index is -0.919. The quantitative estimate of drug-likeness (QED) is 0.834. The second-order valence-corrected chi connectivity index (χ2v) is 5.74. The van der Waals surface area contributed by atoms with Crippen molar-refractivity contribution in [2.24, 2.45) is 0 Å². The summed E-state index contributed by atoms with van der Waals surface area (Å²) in [6.45, 7) is 1.86. The van der Waals surface area contributed by atoms with E-state index < -0.39 is 18.2 Å². The number of ether oxygens (including phenoxy) is 2. The molecule has 2 atom stereocenters. The summed E-state index contributed by atoms with van der Waals surface area (Å²) in [4.78, 5) is 11.8. The Morgan fingerprint density at radius 3 is 2.58 bits per heavy atom. The summed E-state index contributed by atoms with van der Waals surface area (Å²) in [5.74, 6) is 0.524. The summed E-state index contributed by atoms with van der Waals surface area (Å²) < 4.78 is 10.2. The first-order valence-corrected chi connectivity index (χ1v) is 7.87. The van der Waals surface area contributed by atoms with Gasteiger partial charge in [-0.25, -0.2) is 4.79 Å². The summed E-state index contributed by atoms with van der Waals surface area (Å²) in [7, 11) is 1.52. The van der Waals surface area contributed by atoms with Crippen molar-refractivity contribution in [2.45, 2.75) is 25.7 Å². The maximum atomic E-state index is 11.8. The SMILES string of the molecule is COc1ccc([C@@H](O)[C@H](C)NC(=O)OCc2ccccc2)cc1Cl. The molecule has 0 aliphatic rings. The van der Waals surface area contributed by atoms with Gasteiger partial charge >= 0.3 is 6.09 Å². The number of aliphatic hydroxyl groups excluding tert-OH is 1. The number of methoxy groups -OCH3 is 1. The zero-order chi connectivity index (χ0) is 17.5. The number of benzene rings is 2. The number of carbonyl (C=O) groups is 1. The van der Waals surface area contributed by atoms with Gasteiger partial charge in [-0.3, -0.25) is 0 Å². The standard InChI is InChI=1S/C18H20ClNO4/c1-12(17(21)14-8-9-16(23-2)15(19)10-14)20-18(22)24-11-13-6-4-3-5-7-13/h3-10,12,17,21H,11H2,1-2H3,(H,20,22)/t12-,17-/m0/s1. The van der Waals surface area contributed by atoms with Crippen LogP contribution in [-0.4, -0.2) is 24.4 Å². The Bertz CT molecular complexity index is 678. The Kier molecular flexibility index (Phi) is 6.46. The molecule has 0 unspecified atom stereocenters. The van der Waals surface area contributed by atoms with E-state index in [4.69, 9.17) is 21.1 Å². The molecule has 2 rings (SSSR count). The van der Waals surface area contributed by atoms with E-state index in [2.05, 4.69) is 5.32 Å². The van der Waals surface area contributed by atoms with Gasteiger partial charge in [0.15, 0.2) is 0 Å². The highest BCUT2D eigenvalue weighted by Crippen LogP contribution is 2.28. The van der Waals surface area contributed by atoms with E-state index in [1.165, 1.54) is 7.11 Å². The number of rotatable bonds is 6. The van der Waals surface area contributed by atoms with E-state index in [0.29, 0.717) is 16.3 Å². The number of amides is 1. The van der Waals surface area contributed by atoms with Crippen LogP contribution >= 0.6 is 11.6 Å². The molecule has 0 bridgehead atoms. The van der Waals surface area contributed by atoms with Crippen LogP contribution in [0, 0.1) is 0 Å². The zero-order valence-electron chi connectivity index (χ0n) is 13.5. The molecule has 0 saturated heterocycles. The van der Waals surface area contributed by atoms with E-state index in [9.17, 15) is 9.90 Å². The second kappa shape index (κ2) is 8.57. The molecule has 6 heteroatoms. The van der Waals surface area contributed by atoms with Gasteiger partial charge in [0.05, 0.1) is 24.3 Å². The van der Waals surface area contributed by atoms with Gasteiger partial charge in [-0.15, -0.1) is 0 Å². The first kappa shape index (κ1) is 18.1. The average molecular weight is 350 g/mol.